The first-order chi connectivity index (χ1) is 18.7. The van der Waals surface area contributed by atoms with Crippen LogP contribution in [0.3, 0.4) is 0 Å². The van der Waals surface area contributed by atoms with Crippen LogP contribution in [-0.2, 0) is 25.2 Å². The molecule has 0 spiro atoms. The summed E-state index contributed by atoms with van der Waals surface area (Å²) in [6, 6.07) is -0.209. The van der Waals surface area contributed by atoms with Crippen molar-refractivity contribution in [2.75, 3.05) is 65.1 Å². The zero-order chi connectivity index (χ0) is 29.5. The molecular weight excluding hydrogens is 655 g/mol. The van der Waals surface area contributed by atoms with Gasteiger partial charge in [0.1, 0.15) is 0 Å². The molecule has 0 aliphatic carbocycles. The van der Waals surface area contributed by atoms with Crippen LogP contribution in [0.1, 0.15) is 38.5 Å². The molecule has 0 aliphatic rings. The van der Waals surface area contributed by atoms with E-state index in [1.165, 1.54) is 14.2 Å². The van der Waals surface area contributed by atoms with Crippen LogP contribution in [0.2, 0.25) is 8.87 Å². The summed E-state index contributed by atoms with van der Waals surface area (Å²) in [5.41, 5.74) is 11.1. The Morgan fingerprint density at radius 2 is 1.15 bits per heavy atom. The third-order valence-corrected chi connectivity index (χ3v) is 16.5. The molecule has 0 aromatic rings. The minimum atomic E-state index is -4.14. The average Bonchev–Trinajstić information content (AvgIpc) is 2.96. The summed E-state index contributed by atoms with van der Waals surface area (Å²) < 4.78 is 23.7. The van der Waals surface area contributed by atoms with Gasteiger partial charge in [-0.3, -0.25) is 0 Å². The predicted molar refractivity (Wildman–Crippen MR) is 160 cm³/mol. The van der Waals surface area contributed by atoms with Gasteiger partial charge in [0, 0.05) is 0 Å². The molecule has 0 fully saturated rings. The van der Waals surface area contributed by atoms with E-state index in [-0.39, 0.29) is 63.2 Å². The number of aliphatic hydroxyl groups is 2. The van der Waals surface area contributed by atoms with E-state index in [9.17, 15) is 19.8 Å². The van der Waals surface area contributed by atoms with Crippen LogP contribution in [-0.4, -0.2) is 131 Å². The van der Waals surface area contributed by atoms with Gasteiger partial charge in [-0.25, -0.2) is 0 Å². The molecule has 0 heterocycles. The van der Waals surface area contributed by atoms with Gasteiger partial charge in [0.2, 0.25) is 0 Å². The summed E-state index contributed by atoms with van der Waals surface area (Å²) in [5.74, 6) is 0.484. The molecule has 15 heteroatoms. The number of rotatable bonds is 26. The fourth-order valence-electron chi connectivity index (χ4n) is 3.80. The van der Waals surface area contributed by atoms with E-state index in [1.54, 1.807) is 0 Å². The van der Waals surface area contributed by atoms with Crippen molar-refractivity contribution in [3.8, 4) is 0 Å². The number of hydrogen-bond acceptors (Lipinski definition) is 14. The minimum absolute atomic E-state index is 0.105. The zero-order valence-electron chi connectivity index (χ0n) is 23.5. The Balaban J connectivity index is 5.86. The van der Waals surface area contributed by atoms with Crippen molar-refractivity contribution < 1.29 is 35.4 Å². The van der Waals surface area contributed by atoms with Crippen LogP contribution >= 0.6 is 25.3 Å². The van der Waals surface area contributed by atoms with Crippen molar-refractivity contribution >= 4 is 56.4 Å². The Kier molecular flexibility index (Phi) is 24.8. The van der Waals surface area contributed by atoms with Crippen LogP contribution < -0.4 is 22.1 Å². The second kappa shape index (κ2) is 24.7. The molecule has 0 aromatic carbocycles. The molecule has 0 saturated carbocycles. The Morgan fingerprint density at radius 3 is 1.46 bits per heavy atom. The van der Waals surface area contributed by atoms with Crippen molar-refractivity contribution in [1.29, 1.82) is 0 Å². The molecule has 0 amide bonds. The monoisotopic (exact) mass is 708 g/mol. The van der Waals surface area contributed by atoms with Crippen LogP contribution in [0.5, 0.6) is 0 Å². The molecule has 0 unspecified atom stereocenters. The molecule has 39 heavy (non-hydrogen) atoms. The van der Waals surface area contributed by atoms with E-state index in [0.717, 1.165) is 0 Å². The number of thiol groups is 2. The number of esters is 2. The van der Waals surface area contributed by atoms with Crippen molar-refractivity contribution in [1.82, 2.24) is 10.6 Å². The molecule has 0 saturated heterocycles. The third kappa shape index (κ3) is 19.8. The van der Waals surface area contributed by atoms with Gasteiger partial charge >= 0.3 is 251 Å². The molecule has 0 aliphatic heterocycles. The van der Waals surface area contributed by atoms with Gasteiger partial charge in [-0.1, -0.05) is 0 Å². The summed E-state index contributed by atoms with van der Waals surface area (Å²) in [6.07, 6.45) is 1.21. The van der Waals surface area contributed by atoms with Crippen LogP contribution in [0.25, 0.3) is 0 Å². The molecule has 232 valence electrons. The maximum absolute atomic E-state index is 12.1. The van der Waals surface area contributed by atoms with Crippen molar-refractivity contribution in [2.45, 2.75) is 71.7 Å². The summed E-state index contributed by atoms with van der Waals surface area (Å²) in [5, 5.41) is 26.7. The van der Waals surface area contributed by atoms with E-state index in [0.29, 0.717) is 59.2 Å². The number of carbonyl (C=O) groups is 2. The van der Waals surface area contributed by atoms with E-state index < -0.39 is 31.4 Å². The number of nitrogens with two attached hydrogens (primary N) is 2. The van der Waals surface area contributed by atoms with Gasteiger partial charge in [0.05, 0.1) is 0 Å². The maximum atomic E-state index is 12.1. The third-order valence-electron chi connectivity index (χ3n) is 6.30. The summed E-state index contributed by atoms with van der Waals surface area (Å²) in [4.78, 5) is 24.2. The number of hydrogen-bond donors (Lipinski definition) is 8. The molecule has 0 radical (unpaired) electrons. The first-order valence-electron chi connectivity index (χ1n) is 13.5. The molecule has 0 aromatic heterocycles. The van der Waals surface area contributed by atoms with Gasteiger partial charge in [-0.05, 0) is 0 Å². The standard InChI is InChI=1S/2C8H19N2O2S.2C4H7O2.Sn/c2*9-5-8(12)2-1-7(6-11)10-3-4-13;2*1-3-4(5)6-2;/h2*7-8,10,12-13H,1-6,9H2;2*1,3H2,2H3;/q2*-1;;;+2/t2*7-,8+;;;/m00.../s1. The Hall–Kier alpha value is 0.119. The van der Waals surface area contributed by atoms with Gasteiger partial charge in [0.15, 0.2) is 0 Å². The van der Waals surface area contributed by atoms with E-state index >= 15 is 0 Å². The fourth-order valence-corrected chi connectivity index (χ4v) is 12.9. The molecule has 12 nitrogen and oxygen atoms in total. The second-order valence-corrected chi connectivity index (χ2v) is 20.0. The molecule has 4 atom stereocenters. The SMILES string of the molecule is COC(=O)C[CH2][Sn]([CH2]CC(=O)OC)([O]C[C@H](CC[C@@H](O)CN)NCCS)[O]C[C@H](CC[C@@H](O)CN)NCCS. The first-order valence-corrected chi connectivity index (χ1v) is 21.2. The summed E-state index contributed by atoms with van der Waals surface area (Å²) in [7, 11) is 2.66. The normalized spacial score (nSPS) is 15.0. The fraction of sp³-hybridized carbons (Fsp3) is 0.917. The number of aliphatic hydroxyl groups excluding tert-OH is 2. The van der Waals surface area contributed by atoms with E-state index in [1.807, 2.05) is 0 Å². The summed E-state index contributed by atoms with van der Waals surface area (Å²) in [6.45, 7) is 2.19. The van der Waals surface area contributed by atoms with Crippen LogP contribution in [0.15, 0.2) is 0 Å². The van der Waals surface area contributed by atoms with Crippen LogP contribution in [0.4, 0.5) is 0 Å². The average molecular weight is 708 g/mol. The van der Waals surface area contributed by atoms with Crippen molar-refractivity contribution in [3.63, 3.8) is 0 Å². The van der Waals surface area contributed by atoms with E-state index in [2.05, 4.69) is 35.9 Å². The molecule has 0 rings (SSSR count). The van der Waals surface area contributed by atoms with E-state index in [4.69, 9.17) is 27.1 Å². The predicted octanol–water partition coefficient (Wildman–Crippen LogP) is -0.436. The quantitative estimate of drug-likeness (QED) is 0.0330. The van der Waals surface area contributed by atoms with Crippen LogP contribution in [0, 0.1) is 0 Å². The Labute approximate surface area is 249 Å². The number of methoxy groups -OCH3 is 2. The van der Waals surface area contributed by atoms with Crippen molar-refractivity contribution in [2.24, 2.45) is 11.5 Å². The zero-order valence-corrected chi connectivity index (χ0v) is 28.2. The van der Waals surface area contributed by atoms with Gasteiger partial charge in [-0.2, -0.15) is 0 Å². The summed E-state index contributed by atoms with van der Waals surface area (Å²) >= 11 is 4.42. The number of ether oxygens (including phenoxy) is 2. The molecule has 0 bridgehead atoms. The van der Waals surface area contributed by atoms with Gasteiger partial charge in [-0.15, -0.1) is 0 Å². The first kappa shape index (κ1) is 39.1. The van der Waals surface area contributed by atoms with Gasteiger partial charge < -0.3 is 0 Å². The van der Waals surface area contributed by atoms with Gasteiger partial charge in [0.25, 0.3) is 0 Å². The number of nitrogens with one attached hydrogen (secondary N) is 2. The molecule has 8 N–H and O–H groups in total. The van der Waals surface area contributed by atoms with Crippen molar-refractivity contribution in [3.05, 3.63) is 0 Å². The Bertz CT molecular complexity index is 593. The second-order valence-electron chi connectivity index (χ2n) is 9.37. The number of carbonyl (C=O) groups excluding carboxylic acids is 2. The Morgan fingerprint density at radius 1 is 0.769 bits per heavy atom. The topological polar surface area (TPSA) is 188 Å². The molecular formula is C24H52N4O8S2Sn.